The normalized spacial score (nSPS) is 20.0. The number of nitrogens with zero attached hydrogens (tertiary/aromatic N) is 2. The number of amides is 2. The summed E-state index contributed by atoms with van der Waals surface area (Å²) in [5, 5.41) is 12.7. The Kier molecular flexibility index (Phi) is 5.68. The number of carbonyl (C=O) groups excluding carboxylic acids is 2. The van der Waals surface area contributed by atoms with Gasteiger partial charge in [0.1, 0.15) is 23.0 Å². The van der Waals surface area contributed by atoms with Crippen molar-refractivity contribution in [2.24, 2.45) is 0 Å². The van der Waals surface area contributed by atoms with Crippen LogP contribution in [0, 0.1) is 17.5 Å². The molecule has 2 atom stereocenters. The summed E-state index contributed by atoms with van der Waals surface area (Å²) in [6.07, 6.45) is 1.66. The fourth-order valence-corrected chi connectivity index (χ4v) is 4.26. The lowest BCUT2D eigenvalue weighted by atomic mass is 9.96. The molecule has 0 unspecified atom stereocenters. The van der Waals surface area contributed by atoms with Crippen LogP contribution in [0.25, 0.3) is 0 Å². The number of pyridine rings is 1. The zero-order chi connectivity index (χ0) is 23.2. The molecule has 1 saturated heterocycles. The Morgan fingerprint density at radius 3 is 2.56 bits per heavy atom. The fourth-order valence-electron chi connectivity index (χ4n) is 4.26. The van der Waals surface area contributed by atoms with Crippen molar-refractivity contribution in [2.45, 2.75) is 32.0 Å². The summed E-state index contributed by atoms with van der Waals surface area (Å²) in [7, 11) is 0. The lowest BCUT2D eigenvalue weighted by Crippen LogP contribution is -2.55. The maximum Gasteiger partial charge on any atom is 0.274 e. The molecule has 2 N–H and O–H groups in total. The topological polar surface area (TPSA) is 101 Å². The molecular weight excluding hydrogens is 431 g/mol. The van der Waals surface area contributed by atoms with E-state index in [0.29, 0.717) is 31.7 Å². The number of likely N-dealkylation sites (N-methyl/N-ethyl adjacent to an activating group) is 1. The molecular formula is C21H20F3N3O5. The molecule has 0 saturated carbocycles. The molecule has 1 fully saturated rings. The summed E-state index contributed by atoms with van der Waals surface area (Å²) in [5.41, 5.74) is -2.37. The van der Waals surface area contributed by atoms with Crippen LogP contribution in [0.3, 0.4) is 0 Å². The number of nitrogens with one attached hydrogen (secondary N) is 1. The number of aromatic hydroxyl groups is 1. The van der Waals surface area contributed by atoms with Gasteiger partial charge in [-0.05, 0) is 13.3 Å². The standard InChI is InChI=1S/C21H20F3N3O5/c1-2-26-16-9-32-4-3-15(16)27-8-12(18(28)19(29)17(27)21(26)31)20(30)25-7-11-13(23)5-10(22)6-14(11)24/h5-6,8,15-16,29H,2-4,7,9H2,1H3,(H,25,30)/t15-,16+/m0/s1. The molecule has 3 heterocycles. The maximum atomic E-state index is 13.8. The van der Waals surface area contributed by atoms with Gasteiger partial charge < -0.3 is 24.6 Å². The molecule has 0 aliphatic carbocycles. The number of rotatable bonds is 4. The summed E-state index contributed by atoms with van der Waals surface area (Å²) in [6.45, 7) is 2.12. The van der Waals surface area contributed by atoms with Gasteiger partial charge in [-0.1, -0.05) is 0 Å². The van der Waals surface area contributed by atoms with Crippen LogP contribution in [0.1, 0.15) is 45.8 Å². The zero-order valence-corrected chi connectivity index (χ0v) is 17.0. The first-order chi connectivity index (χ1) is 15.2. The lowest BCUT2D eigenvalue weighted by molar-refractivity contribution is -0.0176. The number of aromatic nitrogens is 1. The van der Waals surface area contributed by atoms with E-state index in [9.17, 15) is 32.7 Å². The second kappa shape index (κ2) is 8.30. The Bertz CT molecular complexity index is 1140. The van der Waals surface area contributed by atoms with Crippen LogP contribution < -0.4 is 10.7 Å². The van der Waals surface area contributed by atoms with E-state index in [1.54, 1.807) is 6.92 Å². The summed E-state index contributed by atoms with van der Waals surface area (Å²) in [5.74, 6) is -5.92. The van der Waals surface area contributed by atoms with Crippen molar-refractivity contribution in [3.63, 3.8) is 0 Å². The second-order valence-corrected chi connectivity index (χ2v) is 7.60. The van der Waals surface area contributed by atoms with E-state index in [4.69, 9.17) is 4.74 Å². The smallest absolute Gasteiger partial charge is 0.274 e. The molecule has 0 radical (unpaired) electrons. The average Bonchev–Trinajstić information content (AvgIpc) is 2.75. The number of benzene rings is 1. The van der Waals surface area contributed by atoms with Gasteiger partial charge in [-0.25, -0.2) is 13.2 Å². The van der Waals surface area contributed by atoms with Gasteiger partial charge in [-0.15, -0.1) is 0 Å². The monoisotopic (exact) mass is 451 g/mol. The SMILES string of the molecule is CCN1C(=O)c2c(O)c(=O)c(C(=O)NCc3c(F)cc(F)cc3F)cn2[C@H]2CCOC[C@H]21. The summed E-state index contributed by atoms with van der Waals surface area (Å²) in [6, 6.07) is 0.275. The van der Waals surface area contributed by atoms with Crippen LogP contribution in [0.2, 0.25) is 0 Å². The van der Waals surface area contributed by atoms with Crippen molar-refractivity contribution in [3.8, 4) is 5.75 Å². The Morgan fingerprint density at radius 1 is 1.22 bits per heavy atom. The first-order valence-corrected chi connectivity index (χ1v) is 10.0. The first kappa shape index (κ1) is 21.9. The van der Waals surface area contributed by atoms with Crippen molar-refractivity contribution < 1.29 is 32.6 Å². The van der Waals surface area contributed by atoms with Crippen molar-refractivity contribution in [2.75, 3.05) is 19.8 Å². The Hall–Kier alpha value is -3.34. The van der Waals surface area contributed by atoms with Crippen molar-refractivity contribution in [1.82, 2.24) is 14.8 Å². The minimum absolute atomic E-state index is 0.216. The van der Waals surface area contributed by atoms with Gasteiger partial charge in [-0.2, -0.15) is 0 Å². The van der Waals surface area contributed by atoms with Crippen LogP contribution in [-0.4, -0.2) is 52.2 Å². The number of ether oxygens (including phenoxy) is 1. The number of hydrogen-bond acceptors (Lipinski definition) is 5. The maximum absolute atomic E-state index is 13.8. The number of hydrogen-bond donors (Lipinski definition) is 2. The molecule has 32 heavy (non-hydrogen) atoms. The Balaban J connectivity index is 1.70. The number of carbonyl (C=O) groups is 2. The summed E-state index contributed by atoms with van der Waals surface area (Å²) in [4.78, 5) is 39.7. The van der Waals surface area contributed by atoms with Gasteiger partial charge in [0.05, 0.1) is 18.7 Å². The lowest BCUT2D eigenvalue weighted by Gasteiger charge is -2.45. The Labute approximate surface area is 180 Å². The van der Waals surface area contributed by atoms with Gasteiger partial charge in [0.15, 0.2) is 11.4 Å². The minimum atomic E-state index is -1.19. The van der Waals surface area contributed by atoms with E-state index < -0.39 is 58.1 Å². The molecule has 1 aromatic heterocycles. The summed E-state index contributed by atoms with van der Waals surface area (Å²) < 4.78 is 47.6. The third kappa shape index (κ3) is 3.52. The molecule has 4 rings (SSSR count). The van der Waals surface area contributed by atoms with Gasteiger partial charge in [0, 0.05) is 43.6 Å². The average molecular weight is 451 g/mol. The highest BCUT2D eigenvalue weighted by atomic mass is 19.1. The highest BCUT2D eigenvalue weighted by Crippen LogP contribution is 2.35. The van der Waals surface area contributed by atoms with Gasteiger partial charge in [0.25, 0.3) is 11.8 Å². The van der Waals surface area contributed by atoms with E-state index in [-0.39, 0.29) is 24.4 Å². The Morgan fingerprint density at radius 2 is 1.91 bits per heavy atom. The van der Waals surface area contributed by atoms with Crippen LogP contribution in [-0.2, 0) is 11.3 Å². The molecule has 1 aromatic carbocycles. The molecule has 0 spiro atoms. The van der Waals surface area contributed by atoms with E-state index in [1.807, 2.05) is 0 Å². The van der Waals surface area contributed by atoms with E-state index in [0.717, 1.165) is 0 Å². The van der Waals surface area contributed by atoms with Gasteiger partial charge in [-0.3, -0.25) is 14.4 Å². The molecule has 2 aliphatic rings. The molecule has 2 aromatic rings. The van der Waals surface area contributed by atoms with Crippen molar-refractivity contribution in [3.05, 3.63) is 62.8 Å². The van der Waals surface area contributed by atoms with Crippen LogP contribution >= 0.6 is 0 Å². The third-order valence-corrected chi connectivity index (χ3v) is 5.84. The summed E-state index contributed by atoms with van der Waals surface area (Å²) >= 11 is 0. The van der Waals surface area contributed by atoms with Gasteiger partial charge in [0.2, 0.25) is 5.43 Å². The second-order valence-electron chi connectivity index (χ2n) is 7.60. The van der Waals surface area contributed by atoms with Crippen LogP contribution in [0.4, 0.5) is 13.2 Å². The number of fused-ring (bicyclic) bond motifs is 3. The van der Waals surface area contributed by atoms with Gasteiger partial charge >= 0.3 is 0 Å². The number of halogens is 3. The molecule has 170 valence electrons. The predicted molar refractivity (Wildman–Crippen MR) is 105 cm³/mol. The van der Waals surface area contributed by atoms with Crippen LogP contribution in [0.15, 0.2) is 23.1 Å². The van der Waals surface area contributed by atoms with E-state index >= 15 is 0 Å². The quantitative estimate of drug-likeness (QED) is 0.737. The highest BCUT2D eigenvalue weighted by Gasteiger charge is 2.43. The fraction of sp³-hybridized carbons (Fsp3) is 0.381. The molecule has 2 amide bonds. The largest absolute Gasteiger partial charge is 0.503 e. The predicted octanol–water partition coefficient (Wildman–Crippen LogP) is 1.71. The van der Waals surface area contributed by atoms with Crippen LogP contribution in [0.5, 0.6) is 5.75 Å². The molecule has 8 nitrogen and oxygen atoms in total. The van der Waals surface area contributed by atoms with Crippen molar-refractivity contribution in [1.29, 1.82) is 0 Å². The van der Waals surface area contributed by atoms with E-state index in [1.165, 1.54) is 15.7 Å². The molecule has 11 heteroatoms. The zero-order valence-electron chi connectivity index (χ0n) is 17.0. The van der Waals surface area contributed by atoms with E-state index in [2.05, 4.69) is 5.32 Å². The molecule has 2 aliphatic heterocycles. The third-order valence-electron chi connectivity index (χ3n) is 5.84. The molecule has 0 bridgehead atoms. The first-order valence-electron chi connectivity index (χ1n) is 10.0. The minimum Gasteiger partial charge on any atom is -0.503 e. The highest BCUT2D eigenvalue weighted by molar-refractivity contribution is 5.99. The van der Waals surface area contributed by atoms with Crippen molar-refractivity contribution >= 4 is 11.8 Å².